The van der Waals surface area contributed by atoms with Crippen LogP contribution < -0.4 is 14.8 Å². The van der Waals surface area contributed by atoms with Crippen LogP contribution in [0, 0.1) is 5.92 Å². The first-order valence-electron chi connectivity index (χ1n) is 11.5. The number of aliphatic carboxylic acids is 2. The Bertz CT molecular complexity index is 1340. The number of halogens is 3. The van der Waals surface area contributed by atoms with Crippen LogP contribution in [0.1, 0.15) is 18.7 Å². The zero-order chi connectivity index (χ0) is 27.4. The summed E-state index contributed by atoms with van der Waals surface area (Å²) in [6.07, 6.45) is -3.30. The van der Waals surface area contributed by atoms with E-state index in [0.717, 1.165) is 0 Å². The van der Waals surface area contributed by atoms with Crippen molar-refractivity contribution < 1.29 is 47.2 Å². The second-order valence-corrected chi connectivity index (χ2v) is 8.57. The number of nitrogens with zero attached hydrogens (tertiary/aromatic N) is 3. The van der Waals surface area contributed by atoms with E-state index in [4.69, 9.17) is 29.3 Å². The molecule has 1 aromatic heterocycles. The summed E-state index contributed by atoms with van der Waals surface area (Å²) in [4.78, 5) is 36.3. The summed E-state index contributed by atoms with van der Waals surface area (Å²) in [6.45, 7) is 1.31. The fourth-order valence-electron chi connectivity index (χ4n) is 4.23. The SMILES string of the molecule is O=C(Nc1ccc2c(c1)OCO2)N1CCC(Cn2c(C(F)(F)F)nc3ccccc32)CC1.O=C(O)C(=O)O. The van der Waals surface area contributed by atoms with Crippen molar-refractivity contribution in [3.05, 3.63) is 48.3 Å². The lowest BCUT2D eigenvalue weighted by Crippen LogP contribution is -2.41. The molecule has 202 valence electrons. The smallest absolute Gasteiger partial charge is 0.449 e. The van der Waals surface area contributed by atoms with Gasteiger partial charge in [0.15, 0.2) is 11.5 Å². The molecular formula is C24H23F3N4O7. The third-order valence-electron chi connectivity index (χ3n) is 6.06. The number of amides is 2. The number of hydrogen-bond donors (Lipinski definition) is 3. The molecular weight excluding hydrogens is 513 g/mol. The molecule has 11 nitrogen and oxygen atoms in total. The molecule has 3 aromatic rings. The molecule has 5 rings (SSSR count). The van der Waals surface area contributed by atoms with Crippen LogP contribution in [-0.2, 0) is 22.3 Å². The van der Waals surface area contributed by atoms with Gasteiger partial charge in [-0.25, -0.2) is 19.4 Å². The zero-order valence-corrected chi connectivity index (χ0v) is 19.8. The van der Waals surface area contributed by atoms with E-state index in [1.165, 1.54) is 4.57 Å². The Hall–Kier alpha value is -4.49. The Morgan fingerprint density at radius 3 is 2.32 bits per heavy atom. The molecule has 38 heavy (non-hydrogen) atoms. The number of piperidine rings is 1. The highest BCUT2D eigenvalue weighted by atomic mass is 19.4. The summed E-state index contributed by atoms with van der Waals surface area (Å²) >= 11 is 0. The summed E-state index contributed by atoms with van der Waals surface area (Å²) in [5.41, 5.74) is 1.41. The first-order chi connectivity index (χ1) is 18.0. The third kappa shape index (κ3) is 6.07. The van der Waals surface area contributed by atoms with Gasteiger partial charge in [0.2, 0.25) is 12.6 Å². The van der Waals surface area contributed by atoms with E-state index in [1.54, 1.807) is 47.4 Å². The van der Waals surface area contributed by atoms with E-state index < -0.39 is 23.9 Å². The molecule has 2 aliphatic heterocycles. The Labute approximate surface area is 213 Å². The van der Waals surface area contributed by atoms with Gasteiger partial charge in [0, 0.05) is 31.4 Å². The number of hydrogen-bond acceptors (Lipinski definition) is 6. The van der Waals surface area contributed by atoms with Crippen LogP contribution in [0.25, 0.3) is 11.0 Å². The number of likely N-dealkylation sites (tertiary alicyclic amines) is 1. The third-order valence-corrected chi connectivity index (χ3v) is 6.06. The first-order valence-corrected chi connectivity index (χ1v) is 11.5. The molecule has 0 saturated carbocycles. The van der Waals surface area contributed by atoms with Crippen molar-refractivity contribution in [1.82, 2.24) is 14.5 Å². The Morgan fingerprint density at radius 2 is 1.66 bits per heavy atom. The van der Waals surface area contributed by atoms with Crippen molar-refractivity contribution in [3.8, 4) is 11.5 Å². The largest absolute Gasteiger partial charge is 0.473 e. The second kappa shape index (κ2) is 10.9. The van der Waals surface area contributed by atoms with Gasteiger partial charge in [-0.1, -0.05) is 12.1 Å². The predicted molar refractivity (Wildman–Crippen MR) is 126 cm³/mol. The number of rotatable bonds is 3. The molecule has 0 spiro atoms. The Kier molecular flexibility index (Phi) is 7.60. The molecule has 14 heteroatoms. The molecule has 2 aliphatic rings. The Morgan fingerprint density at radius 1 is 1.00 bits per heavy atom. The normalized spacial score (nSPS) is 15.1. The first kappa shape index (κ1) is 26.6. The number of anilines is 1. The molecule has 0 atom stereocenters. The highest BCUT2D eigenvalue weighted by Gasteiger charge is 2.38. The highest BCUT2D eigenvalue weighted by molar-refractivity contribution is 6.27. The van der Waals surface area contributed by atoms with E-state index in [0.29, 0.717) is 54.2 Å². The number of carboxylic acid groups (broad SMARTS) is 2. The number of carbonyl (C=O) groups excluding carboxylic acids is 1. The van der Waals surface area contributed by atoms with Crippen LogP contribution in [0.3, 0.4) is 0 Å². The Balaban J connectivity index is 0.000000505. The molecule has 3 heterocycles. The predicted octanol–water partition coefficient (Wildman–Crippen LogP) is 3.88. The van der Waals surface area contributed by atoms with Crippen molar-refractivity contribution in [3.63, 3.8) is 0 Å². The molecule has 1 fully saturated rings. The summed E-state index contributed by atoms with van der Waals surface area (Å²) in [7, 11) is 0. The monoisotopic (exact) mass is 536 g/mol. The van der Waals surface area contributed by atoms with Crippen LogP contribution in [0.2, 0.25) is 0 Å². The minimum atomic E-state index is -4.52. The maximum absolute atomic E-state index is 13.5. The average Bonchev–Trinajstić information content (AvgIpc) is 3.49. The van der Waals surface area contributed by atoms with E-state index in [9.17, 15) is 18.0 Å². The number of fused-ring (bicyclic) bond motifs is 2. The molecule has 2 amide bonds. The van der Waals surface area contributed by atoms with Crippen LogP contribution in [0.15, 0.2) is 42.5 Å². The maximum atomic E-state index is 13.5. The summed E-state index contributed by atoms with van der Waals surface area (Å²) in [6, 6.07) is 11.6. The lowest BCUT2D eigenvalue weighted by atomic mass is 9.96. The van der Waals surface area contributed by atoms with Gasteiger partial charge >= 0.3 is 24.1 Å². The van der Waals surface area contributed by atoms with Crippen molar-refractivity contribution in [2.24, 2.45) is 5.92 Å². The van der Waals surface area contributed by atoms with Gasteiger partial charge in [-0.2, -0.15) is 13.2 Å². The zero-order valence-electron chi connectivity index (χ0n) is 19.8. The number of nitrogens with one attached hydrogen (secondary N) is 1. The number of urea groups is 1. The molecule has 0 bridgehead atoms. The van der Waals surface area contributed by atoms with Crippen molar-refractivity contribution in [2.75, 3.05) is 25.2 Å². The minimum absolute atomic E-state index is 0.0169. The fraction of sp³-hybridized carbons (Fsp3) is 0.333. The van der Waals surface area contributed by atoms with E-state index in [-0.39, 0.29) is 25.3 Å². The lowest BCUT2D eigenvalue weighted by molar-refractivity contribution is -0.159. The van der Waals surface area contributed by atoms with Gasteiger partial charge < -0.3 is 34.5 Å². The van der Waals surface area contributed by atoms with Gasteiger partial charge in [-0.15, -0.1) is 0 Å². The van der Waals surface area contributed by atoms with Gasteiger partial charge in [-0.05, 0) is 43.0 Å². The molecule has 2 aromatic carbocycles. The lowest BCUT2D eigenvalue weighted by Gasteiger charge is -2.32. The number of carbonyl (C=O) groups is 3. The number of alkyl halides is 3. The summed E-state index contributed by atoms with van der Waals surface area (Å²) < 4.78 is 52.5. The van der Waals surface area contributed by atoms with E-state index >= 15 is 0 Å². The second-order valence-electron chi connectivity index (χ2n) is 8.57. The van der Waals surface area contributed by atoms with Crippen LogP contribution in [0.5, 0.6) is 11.5 Å². The molecule has 0 aliphatic carbocycles. The number of ether oxygens (including phenoxy) is 2. The summed E-state index contributed by atoms with van der Waals surface area (Å²) in [5, 5.41) is 17.6. The van der Waals surface area contributed by atoms with Crippen molar-refractivity contribution in [1.29, 1.82) is 0 Å². The van der Waals surface area contributed by atoms with E-state index in [2.05, 4.69) is 10.3 Å². The molecule has 0 radical (unpaired) electrons. The molecule has 0 unspecified atom stereocenters. The van der Waals surface area contributed by atoms with Gasteiger partial charge in [0.1, 0.15) is 0 Å². The van der Waals surface area contributed by atoms with Crippen LogP contribution >= 0.6 is 0 Å². The van der Waals surface area contributed by atoms with Gasteiger partial charge in [-0.3, -0.25) is 0 Å². The average molecular weight is 536 g/mol. The number of para-hydroxylation sites is 2. The number of carboxylic acids is 2. The topological polar surface area (TPSA) is 143 Å². The van der Waals surface area contributed by atoms with Crippen molar-refractivity contribution >= 4 is 34.7 Å². The summed E-state index contributed by atoms with van der Waals surface area (Å²) in [5.74, 6) is -3.29. The quantitative estimate of drug-likeness (QED) is 0.428. The van der Waals surface area contributed by atoms with E-state index in [1.807, 2.05) is 0 Å². The van der Waals surface area contributed by atoms with Crippen molar-refractivity contribution in [2.45, 2.75) is 25.6 Å². The maximum Gasteiger partial charge on any atom is 0.449 e. The van der Waals surface area contributed by atoms with Crippen LogP contribution in [0.4, 0.5) is 23.7 Å². The minimum Gasteiger partial charge on any atom is -0.473 e. The molecule has 1 saturated heterocycles. The standard InChI is InChI=1S/C22H21F3N4O3.C2H2O4/c23-22(24,25)20-27-16-3-1-2-4-17(16)29(20)12-14-7-9-28(10-8-14)21(30)26-15-5-6-18-19(11-15)32-13-31-18;3-1(4)2(5)6/h1-6,11,14H,7-10,12-13H2,(H,26,30);(H,3,4)(H,5,6). The van der Waals surface area contributed by atoms with Gasteiger partial charge in [0.25, 0.3) is 0 Å². The fourth-order valence-corrected chi connectivity index (χ4v) is 4.23. The molecule has 3 N–H and O–H groups in total. The number of aromatic nitrogens is 2. The van der Waals surface area contributed by atoms with Crippen LogP contribution in [-0.4, -0.2) is 62.5 Å². The highest BCUT2D eigenvalue weighted by Crippen LogP contribution is 2.35. The number of imidazole rings is 1. The van der Waals surface area contributed by atoms with Gasteiger partial charge in [0.05, 0.1) is 11.0 Å². The number of benzene rings is 2.